The quantitative estimate of drug-likeness (QED) is 0.798. The number of nitrogens with two attached hydrogens (primary N) is 1. The Bertz CT molecular complexity index is 435. The third-order valence-corrected chi connectivity index (χ3v) is 2.38. The van der Waals surface area contributed by atoms with E-state index in [4.69, 9.17) is 5.73 Å². The number of nitrogens with one attached hydrogen (secondary N) is 1. The lowest BCUT2D eigenvalue weighted by atomic mass is 10.3. The van der Waals surface area contributed by atoms with Crippen LogP contribution in [-0.4, -0.2) is 15.0 Å². The van der Waals surface area contributed by atoms with E-state index in [-0.39, 0.29) is 6.04 Å². The molecule has 3 N–H and O–H groups in total. The molecule has 4 nitrogen and oxygen atoms in total. The van der Waals surface area contributed by atoms with Crippen LogP contribution in [0.2, 0.25) is 0 Å². The van der Waals surface area contributed by atoms with Crippen LogP contribution in [0.4, 0.5) is 0 Å². The molecule has 0 amide bonds. The molecule has 68 valence electrons. The molecule has 2 heterocycles. The molecule has 2 aromatic rings. The zero-order valence-corrected chi connectivity index (χ0v) is 8.67. The summed E-state index contributed by atoms with van der Waals surface area (Å²) in [5.41, 5.74) is 7.48. The number of aromatic amines is 1. The topological polar surface area (TPSA) is 67.6 Å². The summed E-state index contributed by atoms with van der Waals surface area (Å²) in [5.74, 6) is 0.781. The molecule has 0 fully saturated rings. The van der Waals surface area contributed by atoms with Crippen LogP contribution in [0.1, 0.15) is 18.8 Å². The van der Waals surface area contributed by atoms with Crippen LogP contribution in [-0.2, 0) is 0 Å². The molecule has 1 atom stereocenters. The second-order valence-corrected chi connectivity index (χ2v) is 3.78. The Morgan fingerprint density at radius 2 is 2.31 bits per heavy atom. The average Bonchev–Trinajstić information content (AvgIpc) is 2.49. The van der Waals surface area contributed by atoms with Crippen LogP contribution in [0, 0.1) is 0 Å². The highest BCUT2D eigenvalue weighted by atomic mass is 79.9. The summed E-state index contributed by atoms with van der Waals surface area (Å²) >= 11 is 3.37. The van der Waals surface area contributed by atoms with Gasteiger partial charge in [-0.15, -0.1) is 0 Å². The first kappa shape index (κ1) is 8.65. The first-order valence-electron chi connectivity index (χ1n) is 3.93. The van der Waals surface area contributed by atoms with E-state index >= 15 is 0 Å². The normalized spacial score (nSPS) is 13.5. The van der Waals surface area contributed by atoms with Gasteiger partial charge in [-0.3, -0.25) is 4.98 Å². The number of hydrogen-bond donors (Lipinski definition) is 2. The Hall–Kier alpha value is -0.940. The standard InChI is InChI=1S/C8H9BrN4/c1-4(10)8-12-6-3-11-2-5(9)7(6)13-8/h2-4H,10H2,1H3,(H,12,13). The van der Waals surface area contributed by atoms with Crippen LogP contribution in [0.3, 0.4) is 0 Å². The Kier molecular flexibility index (Phi) is 2.05. The molecule has 0 aliphatic heterocycles. The van der Waals surface area contributed by atoms with Gasteiger partial charge in [0.05, 0.1) is 22.2 Å². The summed E-state index contributed by atoms with van der Waals surface area (Å²) < 4.78 is 0.883. The molecule has 0 aromatic carbocycles. The molecule has 5 heteroatoms. The zero-order chi connectivity index (χ0) is 9.42. The van der Waals surface area contributed by atoms with Gasteiger partial charge in [-0.05, 0) is 22.9 Å². The molecule has 0 bridgehead atoms. The lowest BCUT2D eigenvalue weighted by molar-refractivity contribution is 0.760. The zero-order valence-electron chi connectivity index (χ0n) is 7.08. The summed E-state index contributed by atoms with van der Waals surface area (Å²) in [4.78, 5) is 11.5. The van der Waals surface area contributed by atoms with E-state index in [1.54, 1.807) is 12.4 Å². The summed E-state index contributed by atoms with van der Waals surface area (Å²) in [6.07, 6.45) is 3.45. The van der Waals surface area contributed by atoms with Crippen molar-refractivity contribution in [3.63, 3.8) is 0 Å². The highest BCUT2D eigenvalue weighted by Gasteiger charge is 2.08. The van der Waals surface area contributed by atoms with Crippen LogP contribution in [0.15, 0.2) is 16.9 Å². The smallest absolute Gasteiger partial charge is 0.124 e. The van der Waals surface area contributed by atoms with Crippen molar-refractivity contribution in [2.45, 2.75) is 13.0 Å². The molecule has 1 unspecified atom stereocenters. The summed E-state index contributed by atoms with van der Waals surface area (Å²) in [5, 5.41) is 0. The van der Waals surface area contributed by atoms with Crippen molar-refractivity contribution in [1.82, 2.24) is 15.0 Å². The van der Waals surface area contributed by atoms with E-state index in [1.165, 1.54) is 0 Å². The van der Waals surface area contributed by atoms with Gasteiger partial charge in [-0.2, -0.15) is 0 Å². The third-order valence-electron chi connectivity index (χ3n) is 1.80. The molecule has 0 saturated carbocycles. The molecular formula is C8H9BrN4. The lowest BCUT2D eigenvalue weighted by Gasteiger charge is -1.96. The molecule has 0 aliphatic rings. The van der Waals surface area contributed by atoms with Gasteiger partial charge in [-0.25, -0.2) is 4.98 Å². The maximum Gasteiger partial charge on any atom is 0.124 e. The van der Waals surface area contributed by atoms with E-state index in [2.05, 4.69) is 30.9 Å². The lowest BCUT2D eigenvalue weighted by Crippen LogP contribution is -2.06. The minimum atomic E-state index is -0.0840. The maximum absolute atomic E-state index is 5.70. The average molecular weight is 241 g/mol. The number of H-pyrrole nitrogens is 1. The van der Waals surface area contributed by atoms with Crippen molar-refractivity contribution in [2.75, 3.05) is 0 Å². The van der Waals surface area contributed by atoms with Crippen molar-refractivity contribution >= 4 is 27.0 Å². The monoisotopic (exact) mass is 240 g/mol. The van der Waals surface area contributed by atoms with Gasteiger partial charge in [-0.1, -0.05) is 0 Å². The number of hydrogen-bond acceptors (Lipinski definition) is 3. The molecule has 0 aliphatic carbocycles. The van der Waals surface area contributed by atoms with Gasteiger partial charge < -0.3 is 10.7 Å². The summed E-state index contributed by atoms with van der Waals surface area (Å²) in [7, 11) is 0. The maximum atomic E-state index is 5.70. The Morgan fingerprint density at radius 1 is 1.54 bits per heavy atom. The molecule has 13 heavy (non-hydrogen) atoms. The van der Waals surface area contributed by atoms with E-state index in [0.29, 0.717) is 0 Å². The van der Waals surface area contributed by atoms with Crippen LogP contribution < -0.4 is 5.73 Å². The number of rotatable bonds is 1. The fraction of sp³-hybridized carbons (Fsp3) is 0.250. The van der Waals surface area contributed by atoms with Crippen molar-refractivity contribution in [3.8, 4) is 0 Å². The summed E-state index contributed by atoms with van der Waals surface area (Å²) in [6.45, 7) is 1.89. The van der Waals surface area contributed by atoms with Gasteiger partial charge in [0.1, 0.15) is 11.3 Å². The molecular weight excluding hydrogens is 232 g/mol. The predicted octanol–water partition coefficient (Wildman–Crippen LogP) is 1.74. The Balaban J connectivity index is 2.68. The van der Waals surface area contributed by atoms with Gasteiger partial charge in [0.25, 0.3) is 0 Å². The van der Waals surface area contributed by atoms with Gasteiger partial charge in [0.15, 0.2) is 0 Å². The van der Waals surface area contributed by atoms with Gasteiger partial charge in [0, 0.05) is 6.20 Å². The first-order valence-corrected chi connectivity index (χ1v) is 4.72. The van der Waals surface area contributed by atoms with Gasteiger partial charge >= 0.3 is 0 Å². The second-order valence-electron chi connectivity index (χ2n) is 2.93. The van der Waals surface area contributed by atoms with E-state index in [9.17, 15) is 0 Å². The van der Waals surface area contributed by atoms with Crippen LogP contribution >= 0.6 is 15.9 Å². The van der Waals surface area contributed by atoms with Crippen LogP contribution in [0.5, 0.6) is 0 Å². The van der Waals surface area contributed by atoms with Crippen LogP contribution in [0.25, 0.3) is 11.0 Å². The van der Waals surface area contributed by atoms with E-state index in [0.717, 1.165) is 21.3 Å². The molecule has 0 saturated heterocycles. The fourth-order valence-electron chi connectivity index (χ4n) is 1.14. The minimum absolute atomic E-state index is 0.0840. The van der Waals surface area contributed by atoms with Crippen molar-refractivity contribution in [1.29, 1.82) is 0 Å². The first-order chi connectivity index (χ1) is 6.18. The number of pyridine rings is 1. The second kappa shape index (κ2) is 3.08. The Labute approximate surface area is 83.7 Å². The minimum Gasteiger partial charge on any atom is -0.339 e. The number of nitrogens with zero attached hydrogens (tertiary/aromatic N) is 2. The third kappa shape index (κ3) is 1.45. The highest BCUT2D eigenvalue weighted by Crippen LogP contribution is 2.21. The molecule has 2 rings (SSSR count). The van der Waals surface area contributed by atoms with E-state index < -0.39 is 0 Å². The number of imidazole rings is 1. The number of halogens is 1. The van der Waals surface area contributed by atoms with Crippen molar-refractivity contribution < 1.29 is 0 Å². The SMILES string of the molecule is CC(N)c1nc2c(Br)cncc2[nH]1. The molecule has 0 radical (unpaired) electrons. The Morgan fingerprint density at radius 3 is 2.92 bits per heavy atom. The predicted molar refractivity (Wildman–Crippen MR) is 54.2 cm³/mol. The molecule has 2 aromatic heterocycles. The number of fused-ring (bicyclic) bond motifs is 1. The highest BCUT2D eigenvalue weighted by molar-refractivity contribution is 9.10. The summed E-state index contributed by atoms with van der Waals surface area (Å²) in [6, 6.07) is -0.0840. The van der Waals surface area contributed by atoms with Crippen molar-refractivity contribution in [2.24, 2.45) is 5.73 Å². The van der Waals surface area contributed by atoms with E-state index in [1.807, 2.05) is 6.92 Å². The van der Waals surface area contributed by atoms with Gasteiger partial charge in [0.2, 0.25) is 0 Å². The number of aromatic nitrogens is 3. The molecule has 0 spiro atoms. The fourth-order valence-corrected chi connectivity index (χ4v) is 1.56. The largest absolute Gasteiger partial charge is 0.339 e. The van der Waals surface area contributed by atoms with Crippen molar-refractivity contribution in [3.05, 3.63) is 22.7 Å².